The number of ether oxygens (including phenoxy) is 2. The summed E-state index contributed by atoms with van der Waals surface area (Å²) >= 11 is 0. The Morgan fingerprint density at radius 2 is 2.00 bits per heavy atom. The van der Waals surface area contributed by atoms with Crippen LogP contribution in [-0.2, 0) is 0 Å². The molecule has 0 aliphatic heterocycles. The van der Waals surface area contributed by atoms with E-state index in [-0.39, 0.29) is 12.2 Å². The van der Waals surface area contributed by atoms with Crippen LogP contribution in [0.15, 0.2) is 42.5 Å². The molecule has 2 aromatic rings. The van der Waals surface area contributed by atoms with Crippen molar-refractivity contribution in [3.05, 3.63) is 59.4 Å². The Morgan fingerprint density at radius 1 is 1.24 bits per heavy atom. The lowest BCUT2D eigenvalue weighted by atomic mass is 10.1. The maximum absolute atomic E-state index is 13.5. The van der Waals surface area contributed by atoms with Crippen LogP contribution in [0.5, 0.6) is 11.5 Å². The minimum atomic E-state index is -1.09. The average Bonchev–Trinajstić information content (AvgIpc) is 2.52. The molecule has 0 spiro atoms. The third kappa shape index (κ3) is 3.50. The highest BCUT2D eigenvalue weighted by Crippen LogP contribution is 2.29. The highest BCUT2D eigenvalue weighted by Gasteiger charge is 2.14. The van der Waals surface area contributed by atoms with Crippen LogP contribution in [0.3, 0.4) is 0 Å². The second-order valence-corrected chi connectivity index (χ2v) is 4.33. The summed E-state index contributed by atoms with van der Waals surface area (Å²) in [6.45, 7) is -0.122. The largest absolute Gasteiger partial charge is 0.493 e. The van der Waals surface area contributed by atoms with Crippen LogP contribution in [0.1, 0.15) is 17.2 Å². The molecule has 108 valence electrons. The van der Waals surface area contributed by atoms with Crippen molar-refractivity contribution in [3.63, 3.8) is 0 Å². The van der Waals surface area contributed by atoms with E-state index in [2.05, 4.69) is 0 Å². The first-order valence-electron chi connectivity index (χ1n) is 6.29. The summed E-state index contributed by atoms with van der Waals surface area (Å²) in [6, 6.07) is 12.6. The quantitative estimate of drug-likeness (QED) is 0.918. The Kier molecular flexibility index (Phi) is 4.75. The average molecular weight is 287 g/mol. The molecule has 2 rings (SSSR count). The Bertz CT molecular complexity index is 667. The van der Waals surface area contributed by atoms with Gasteiger partial charge in [-0.25, -0.2) is 4.39 Å². The van der Waals surface area contributed by atoms with Gasteiger partial charge in [-0.15, -0.1) is 0 Å². The minimum Gasteiger partial charge on any atom is -0.493 e. The second-order valence-electron chi connectivity index (χ2n) is 4.33. The molecule has 0 amide bonds. The van der Waals surface area contributed by atoms with Gasteiger partial charge in [-0.2, -0.15) is 5.26 Å². The molecule has 0 fully saturated rings. The van der Waals surface area contributed by atoms with E-state index in [0.29, 0.717) is 17.1 Å². The zero-order valence-electron chi connectivity index (χ0n) is 11.4. The van der Waals surface area contributed by atoms with Crippen LogP contribution in [0.25, 0.3) is 0 Å². The van der Waals surface area contributed by atoms with E-state index in [9.17, 15) is 9.50 Å². The smallest absolute Gasteiger partial charge is 0.162 e. The van der Waals surface area contributed by atoms with Gasteiger partial charge in [-0.05, 0) is 18.2 Å². The number of hydrogen-bond donors (Lipinski definition) is 1. The van der Waals surface area contributed by atoms with E-state index in [1.807, 2.05) is 6.07 Å². The summed E-state index contributed by atoms with van der Waals surface area (Å²) in [5.74, 6) is 0.280. The fourth-order valence-corrected chi connectivity index (χ4v) is 1.86. The summed E-state index contributed by atoms with van der Waals surface area (Å²) in [5, 5.41) is 18.8. The lowest BCUT2D eigenvalue weighted by Gasteiger charge is -2.15. The van der Waals surface area contributed by atoms with Gasteiger partial charge in [0.2, 0.25) is 0 Å². The number of rotatable bonds is 5. The van der Waals surface area contributed by atoms with Gasteiger partial charge in [0.1, 0.15) is 18.5 Å². The van der Waals surface area contributed by atoms with Gasteiger partial charge in [-0.1, -0.05) is 18.2 Å². The molecular weight excluding hydrogens is 273 g/mol. The molecule has 1 unspecified atom stereocenters. The molecule has 1 N–H and O–H groups in total. The van der Waals surface area contributed by atoms with Gasteiger partial charge in [0.15, 0.2) is 11.5 Å². The molecule has 1 atom stereocenters. The van der Waals surface area contributed by atoms with Gasteiger partial charge in [-0.3, -0.25) is 0 Å². The Balaban J connectivity index is 2.10. The van der Waals surface area contributed by atoms with Crippen molar-refractivity contribution in [1.29, 1.82) is 5.26 Å². The third-order valence-electron chi connectivity index (χ3n) is 2.95. The monoisotopic (exact) mass is 287 g/mol. The van der Waals surface area contributed by atoms with Crippen molar-refractivity contribution >= 4 is 0 Å². The van der Waals surface area contributed by atoms with E-state index in [4.69, 9.17) is 14.7 Å². The number of methoxy groups -OCH3 is 1. The first kappa shape index (κ1) is 14.8. The number of nitrogens with zero attached hydrogens (tertiary/aromatic N) is 1. The number of hydrogen-bond acceptors (Lipinski definition) is 4. The lowest BCUT2D eigenvalue weighted by molar-refractivity contribution is 0.103. The Morgan fingerprint density at radius 3 is 2.67 bits per heavy atom. The number of benzene rings is 2. The summed E-state index contributed by atoms with van der Waals surface area (Å²) < 4.78 is 24.1. The van der Waals surface area contributed by atoms with Crippen molar-refractivity contribution in [2.45, 2.75) is 6.10 Å². The minimum absolute atomic E-state index is 0.122. The molecule has 0 bridgehead atoms. The SMILES string of the molecule is COc1cc(C#N)ccc1OCC(O)c1ccccc1F. The molecule has 2 aromatic carbocycles. The van der Waals surface area contributed by atoms with Crippen molar-refractivity contribution in [1.82, 2.24) is 0 Å². The molecule has 5 heteroatoms. The predicted molar refractivity (Wildman–Crippen MR) is 74.6 cm³/mol. The van der Waals surface area contributed by atoms with Gasteiger partial charge in [0.05, 0.1) is 18.7 Å². The van der Waals surface area contributed by atoms with Crippen LogP contribution >= 0.6 is 0 Å². The van der Waals surface area contributed by atoms with Gasteiger partial charge >= 0.3 is 0 Å². The predicted octanol–water partition coefficient (Wildman–Crippen LogP) is 2.82. The zero-order chi connectivity index (χ0) is 15.2. The molecule has 21 heavy (non-hydrogen) atoms. The molecule has 0 aliphatic rings. The van der Waals surface area contributed by atoms with E-state index in [0.717, 1.165) is 0 Å². The van der Waals surface area contributed by atoms with Crippen LogP contribution in [0, 0.1) is 17.1 Å². The van der Waals surface area contributed by atoms with Crippen molar-refractivity contribution in [2.24, 2.45) is 0 Å². The molecule has 0 saturated carbocycles. The summed E-state index contributed by atoms with van der Waals surface area (Å²) in [4.78, 5) is 0. The Labute approximate surface area is 122 Å². The van der Waals surface area contributed by atoms with E-state index >= 15 is 0 Å². The third-order valence-corrected chi connectivity index (χ3v) is 2.95. The Hall–Kier alpha value is -2.58. The van der Waals surface area contributed by atoms with Crippen molar-refractivity contribution < 1.29 is 19.0 Å². The number of halogens is 1. The molecule has 0 heterocycles. The molecule has 0 aliphatic carbocycles. The van der Waals surface area contributed by atoms with Crippen molar-refractivity contribution in [2.75, 3.05) is 13.7 Å². The lowest BCUT2D eigenvalue weighted by Crippen LogP contribution is -2.11. The fraction of sp³-hybridized carbons (Fsp3) is 0.188. The number of aliphatic hydroxyl groups excluding tert-OH is 1. The van der Waals surface area contributed by atoms with E-state index in [1.54, 1.807) is 24.3 Å². The highest BCUT2D eigenvalue weighted by atomic mass is 19.1. The zero-order valence-corrected chi connectivity index (χ0v) is 11.4. The normalized spacial score (nSPS) is 11.5. The van der Waals surface area contributed by atoms with Gasteiger partial charge < -0.3 is 14.6 Å². The molecule has 0 aromatic heterocycles. The number of nitriles is 1. The standard InChI is InChI=1S/C16H14FNO3/c1-20-16-8-11(9-18)6-7-15(16)21-10-14(19)12-4-2-3-5-13(12)17/h2-8,14,19H,10H2,1H3. The number of aliphatic hydroxyl groups is 1. The maximum Gasteiger partial charge on any atom is 0.162 e. The van der Waals surface area contributed by atoms with Crippen LogP contribution < -0.4 is 9.47 Å². The van der Waals surface area contributed by atoms with Gasteiger partial charge in [0, 0.05) is 11.6 Å². The van der Waals surface area contributed by atoms with Crippen LogP contribution in [0.4, 0.5) is 4.39 Å². The van der Waals surface area contributed by atoms with Crippen LogP contribution in [0.2, 0.25) is 0 Å². The fourth-order valence-electron chi connectivity index (χ4n) is 1.86. The highest BCUT2D eigenvalue weighted by molar-refractivity contribution is 5.46. The van der Waals surface area contributed by atoms with Crippen LogP contribution in [-0.4, -0.2) is 18.8 Å². The maximum atomic E-state index is 13.5. The van der Waals surface area contributed by atoms with E-state index < -0.39 is 11.9 Å². The summed E-state index contributed by atoms with van der Waals surface area (Å²) in [6.07, 6.45) is -1.09. The van der Waals surface area contributed by atoms with Gasteiger partial charge in [0.25, 0.3) is 0 Å². The first-order valence-corrected chi connectivity index (χ1v) is 6.29. The molecule has 4 nitrogen and oxygen atoms in total. The first-order chi connectivity index (χ1) is 10.2. The molecular formula is C16H14FNO3. The molecule has 0 radical (unpaired) electrons. The van der Waals surface area contributed by atoms with E-state index in [1.165, 1.54) is 25.3 Å². The second kappa shape index (κ2) is 6.73. The summed E-state index contributed by atoms with van der Waals surface area (Å²) in [7, 11) is 1.46. The van der Waals surface area contributed by atoms with Crippen molar-refractivity contribution in [3.8, 4) is 17.6 Å². The topological polar surface area (TPSA) is 62.5 Å². The summed E-state index contributed by atoms with van der Waals surface area (Å²) in [5.41, 5.74) is 0.610. The molecule has 0 saturated heterocycles.